The van der Waals surface area contributed by atoms with Crippen LogP contribution >= 0.6 is 0 Å². The Labute approximate surface area is 229 Å². The number of ether oxygens (including phenoxy) is 1. The van der Waals surface area contributed by atoms with Gasteiger partial charge in [0.15, 0.2) is 17.3 Å². The molecular formula is C30H29N3O7. The van der Waals surface area contributed by atoms with Crippen LogP contribution in [0.1, 0.15) is 52.7 Å². The van der Waals surface area contributed by atoms with Crippen LogP contribution < -0.4 is 15.4 Å². The minimum absolute atomic E-state index is 0.0286. The minimum Gasteiger partial charge on any atom is -0.507 e. The molecule has 2 aliphatic rings. The molecule has 40 heavy (non-hydrogen) atoms. The largest absolute Gasteiger partial charge is 0.507 e. The molecule has 1 atom stereocenters. The van der Waals surface area contributed by atoms with Crippen LogP contribution in [0, 0.1) is 6.92 Å². The maximum atomic E-state index is 13.9. The van der Waals surface area contributed by atoms with E-state index < -0.39 is 28.5 Å². The summed E-state index contributed by atoms with van der Waals surface area (Å²) in [7, 11) is 1.82. The molecule has 0 bridgehead atoms. The molecule has 2 heterocycles. The van der Waals surface area contributed by atoms with Gasteiger partial charge >= 0.3 is 0 Å². The SMILES string of the molecule is CC(=O)c1c(O)c(C)c(O)c2c1OC1=CC(=O)/C(=C(/C)NCCNC(=O)c3cc4ccccc4n3C)C(=O)[C@]12C. The van der Waals surface area contributed by atoms with Crippen LogP contribution in [-0.4, -0.2) is 51.1 Å². The Kier molecular flexibility index (Phi) is 6.29. The fourth-order valence-electron chi connectivity index (χ4n) is 5.47. The number of aromatic hydroxyl groups is 2. The van der Waals surface area contributed by atoms with Crippen LogP contribution in [0.3, 0.4) is 0 Å². The second-order valence-electron chi connectivity index (χ2n) is 10.2. The van der Waals surface area contributed by atoms with Gasteiger partial charge in [0.1, 0.15) is 39.7 Å². The summed E-state index contributed by atoms with van der Waals surface area (Å²) in [4.78, 5) is 52.0. The molecule has 0 saturated carbocycles. The number of Topliss-reactive ketones (excluding diaryl/α,β-unsaturated/α-hetero) is 2. The summed E-state index contributed by atoms with van der Waals surface area (Å²) >= 11 is 0. The van der Waals surface area contributed by atoms with Gasteiger partial charge in [-0.1, -0.05) is 18.2 Å². The van der Waals surface area contributed by atoms with Crippen molar-refractivity contribution in [1.82, 2.24) is 15.2 Å². The first-order valence-electron chi connectivity index (χ1n) is 12.8. The van der Waals surface area contributed by atoms with E-state index in [1.807, 2.05) is 41.9 Å². The van der Waals surface area contributed by atoms with Crippen molar-refractivity contribution in [3.8, 4) is 17.2 Å². The number of benzene rings is 2. The van der Waals surface area contributed by atoms with Gasteiger partial charge in [0.2, 0.25) is 0 Å². The average Bonchev–Trinajstić information content (AvgIpc) is 3.40. The zero-order chi connectivity index (χ0) is 29.1. The maximum absolute atomic E-state index is 13.9. The molecule has 1 aromatic heterocycles. The summed E-state index contributed by atoms with van der Waals surface area (Å²) in [6.07, 6.45) is 1.17. The summed E-state index contributed by atoms with van der Waals surface area (Å²) in [6.45, 7) is 6.21. The highest BCUT2D eigenvalue weighted by molar-refractivity contribution is 6.31. The topological polar surface area (TPSA) is 147 Å². The number of allylic oxidation sites excluding steroid dienone is 4. The predicted octanol–water partition coefficient (Wildman–Crippen LogP) is 3.08. The molecule has 1 aliphatic heterocycles. The zero-order valence-corrected chi connectivity index (χ0v) is 22.8. The van der Waals surface area contributed by atoms with E-state index in [2.05, 4.69) is 10.6 Å². The molecule has 10 nitrogen and oxygen atoms in total. The maximum Gasteiger partial charge on any atom is 0.267 e. The highest BCUT2D eigenvalue weighted by atomic mass is 16.5. The molecule has 4 N–H and O–H groups in total. The number of para-hydroxylation sites is 1. The van der Waals surface area contributed by atoms with E-state index in [4.69, 9.17) is 4.74 Å². The number of hydrogen-bond acceptors (Lipinski definition) is 8. The van der Waals surface area contributed by atoms with Gasteiger partial charge in [0.25, 0.3) is 5.91 Å². The Morgan fingerprint density at radius 2 is 1.73 bits per heavy atom. The molecule has 2 aromatic carbocycles. The lowest BCUT2D eigenvalue weighted by Gasteiger charge is -2.29. The minimum atomic E-state index is -1.59. The number of nitrogens with one attached hydrogen (secondary N) is 2. The molecule has 206 valence electrons. The molecule has 1 aliphatic carbocycles. The smallest absolute Gasteiger partial charge is 0.267 e. The molecule has 5 rings (SSSR count). The van der Waals surface area contributed by atoms with Crippen molar-refractivity contribution in [3.63, 3.8) is 0 Å². The molecule has 0 radical (unpaired) electrons. The average molecular weight is 544 g/mol. The summed E-state index contributed by atoms with van der Waals surface area (Å²) < 4.78 is 7.59. The Balaban J connectivity index is 1.38. The summed E-state index contributed by atoms with van der Waals surface area (Å²) in [5.41, 5.74) is -0.0819. The summed E-state index contributed by atoms with van der Waals surface area (Å²) in [6, 6.07) is 9.48. The Morgan fingerprint density at radius 1 is 1.05 bits per heavy atom. The lowest BCUT2D eigenvalue weighted by molar-refractivity contribution is -0.123. The molecule has 0 spiro atoms. The molecule has 1 amide bonds. The highest BCUT2D eigenvalue weighted by Crippen LogP contribution is 2.57. The Morgan fingerprint density at radius 3 is 2.40 bits per heavy atom. The van der Waals surface area contributed by atoms with E-state index in [9.17, 15) is 29.4 Å². The van der Waals surface area contributed by atoms with E-state index in [0.29, 0.717) is 11.4 Å². The monoisotopic (exact) mass is 543 g/mol. The van der Waals surface area contributed by atoms with Gasteiger partial charge in [0, 0.05) is 48.4 Å². The standard InChI is InChI=1S/C30H29N3O7/c1-14-25(36)23(16(3)34)27-24(26(14)37)30(4)21(40-27)13-20(35)22(28(30)38)15(2)31-10-11-32-29(39)19-12-17-8-6-7-9-18(17)33(19)5/h6-9,12-13,31,36-37H,10-11H2,1-5H3,(H,32,39)/b22-15+/t30-/m1/s1. The first-order chi connectivity index (χ1) is 18.9. The van der Waals surface area contributed by atoms with Crippen molar-refractivity contribution in [3.05, 3.63) is 75.8 Å². The quantitative estimate of drug-likeness (QED) is 0.161. The third-order valence-corrected chi connectivity index (χ3v) is 7.74. The lowest BCUT2D eigenvalue weighted by Crippen LogP contribution is -2.41. The highest BCUT2D eigenvalue weighted by Gasteiger charge is 2.56. The van der Waals surface area contributed by atoms with Crippen LogP contribution in [0.2, 0.25) is 0 Å². The van der Waals surface area contributed by atoms with Crippen molar-refractivity contribution in [2.45, 2.75) is 33.1 Å². The molecule has 0 unspecified atom stereocenters. The number of carbonyl (C=O) groups excluding carboxylic acids is 4. The van der Waals surface area contributed by atoms with Gasteiger partial charge in [0.05, 0.1) is 11.1 Å². The first-order valence-corrected chi connectivity index (χ1v) is 12.8. The number of carbonyl (C=O) groups is 4. The van der Waals surface area contributed by atoms with Gasteiger partial charge in [-0.05, 0) is 39.8 Å². The second-order valence-corrected chi connectivity index (χ2v) is 10.2. The number of fused-ring (bicyclic) bond motifs is 4. The summed E-state index contributed by atoms with van der Waals surface area (Å²) in [5.74, 6) is -2.97. The lowest BCUT2D eigenvalue weighted by atomic mass is 9.70. The number of rotatable bonds is 6. The number of nitrogens with zero attached hydrogens (tertiary/aromatic N) is 1. The first kappa shape index (κ1) is 26.7. The zero-order valence-electron chi connectivity index (χ0n) is 22.8. The molecule has 0 saturated heterocycles. The number of aryl methyl sites for hydroxylation is 1. The van der Waals surface area contributed by atoms with Gasteiger partial charge in [-0.25, -0.2) is 0 Å². The van der Waals surface area contributed by atoms with Crippen molar-refractivity contribution in [2.24, 2.45) is 7.05 Å². The molecule has 0 fully saturated rings. The van der Waals surface area contributed by atoms with Gasteiger partial charge in [-0.3, -0.25) is 19.2 Å². The predicted molar refractivity (Wildman–Crippen MR) is 147 cm³/mol. The number of ketones is 3. The van der Waals surface area contributed by atoms with Gasteiger partial charge in [-0.15, -0.1) is 0 Å². The van der Waals surface area contributed by atoms with Crippen LogP contribution in [-0.2, 0) is 22.1 Å². The normalized spacial score (nSPS) is 19.1. The van der Waals surface area contributed by atoms with E-state index >= 15 is 0 Å². The number of amides is 1. The third-order valence-electron chi connectivity index (χ3n) is 7.74. The molecular weight excluding hydrogens is 514 g/mol. The molecule has 10 heteroatoms. The second kappa shape index (κ2) is 9.41. The Hall–Kier alpha value is -4.86. The van der Waals surface area contributed by atoms with Crippen molar-refractivity contribution in [2.75, 3.05) is 13.1 Å². The van der Waals surface area contributed by atoms with E-state index in [1.165, 1.54) is 26.8 Å². The number of phenols is 2. The number of aromatic nitrogens is 1. The van der Waals surface area contributed by atoms with Crippen LogP contribution in [0.15, 0.2) is 53.4 Å². The van der Waals surface area contributed by atoms with E-state index in [-0.39, 0.29) is 58.5 Å². The van der Waals surface area contributed by atoms with Crippen molar-refractivity contribution in [1.29, 1.82) is 0 Å². The van der Waals surface area contributed by atoms with Crippen molar-refractivity contribution >= 4 is 34.2 Å². The third kappa shape index (κ3) is 3.78. The van der Waals surface area contributed by atoms with Crippen molar-refractivity contribution < 1.29 is 34.1 Å². The van der Waals surface area contributed by atoms with Gasteiger partial charge < -0.3 is 30.2 Å². The summed E-state index contributed by atoms with van der Waals surface area (Å²) in [5, 5.41) is 28.2. The van der Waals surface area contributed by atoms with Gasteiger partial charge in [-0.2, -0.15) is 0 Å². The van der Waals surface area contributed by atoms with Crippen LogP contribution in [0.4, 0.5) is 0 Å². The Bertz CT molecular complexity index is 1730. The number of phenolic OH excluding ortho intramolecular Hbond substituents is 2. The molecule has 3 aromatic rings. The van der Waals surface area contributed by atoms with Crippen LogP contribution in [0.25, 0.3) is 10.9 Å². The number of hydrogen-bond donors (Lipinski definition) is 4. The fraction of sp³-hybridized carbons (Fsp3) is 0.267. The fourth-order valence-corrected chi connectivity index (χ4v) is 5.47. The van der Waals surface area contributed by atoms with E-state index in [1.54, 1.807) is 6.92 Å². The van der Waals surface area contributed by atoms with Crippen LogP contribution in [0.5, 0.6) is 17.2 Å². The van der Waals surface area contributed by atoms with E-state index in [0.717, 1.165) is 10.9 Å².